The van der Waals surface area contributed by atoms with Crippen molar-refractivity contribution >= 4 is 28.6 Å². The lowest BCUT2D eigenvalue weighted by Gasteiger charge is -2.12. The number of carbonyl (C=O) groups is 1. The van der Waals surface area contributed by atoms with Gasteiger partial charge in [-0.05, 0) is 37.1 Å². The van der Waals surface area contributed by atoms with Crippen LogP contribution in [0.3, 0.4) is 0 Å². The molecule has 0 amide bonds. The summed E-state index contributed by atoms with van der Waals surface area (Å²) in [5.41, 5.74) is 3.30. The topological polar surface area (TPSA) is 55.1 Å². The number of carboxylic acid groups (broad SMARTS) is 1. The zero-order valence-corrected chi connectivity index (χ0v) is 14.5. The summed E-state index contributed by atoms with van der Waals surface area (Å²) in [7, 11) is 0. The first kappa shape index (κ1) is 16.5. The van der Waals surface area contributed by atoms with Gasteiger partial charge < -0.3 is 5.11 Å². The van der Waals surface area contributed by atoms with Gasteiger partial charge in [-0.1, -0.05) is 43.1 Å². The predicted octanol–water partition coefficient (Wildman–Crippen LogP) is 5.03. The summed E-state index contributed by atoms with van der Waals surface area (Å²) in [6, 6.07) is 10.9. The Labute approximate surface area is 145 Å². The highest BCUT2D eigenvalue weighted by molar-refractivity contribution is 6.32. The molecule has 0 bridgehead atoms. The van der Waals surface area contributed by atoms with Crippen molar-refractivity contribution in [1.82, 2.24) is 9.55 Å². The number of halogens is 1. The third kappa shape index (κ3) is 2.78. The van der Waals surface area contributed by atoms with E-state index in [4.69, 9.17) is 16.6 Å². The summed E-state index contributed by atoms with van der Waals surface area (Å²) in [4.78, 5) is 16.5. The number of rotatable bonds is 5. The van der Waals surface area contributed by atoms with Crippen molar-refractivity contribution in [2.75, 3.05) is 0 Å². The molecule has 0 aliphatic carbocycles. The van der Waals surface area contributed by atoms with Gasteiger partial charge in [0, 0.05) is 6.42 Å². The number of imidazole rings is 1. The molecule has 1 aromatic heterocycles. The van der Waals surface area contributed by atoms with Crippen LogP contribution in [0, 0.1) is 6.92 Å². The molecule has 3 aromatic rings. The number of unbranched alkanes of at least 4 members (excludes halogenated alkanes) is 1. The molecule has 24 heavy (non-hydrogen) atoms. The van der Waals surface area contributed by atoms with E-state index >= 15 is 0 Å². The summed E-state index contributed by atoms with van der Waals surface area (Å²) >= 11 is 6.40. The summed E-state index contributed by atoms with van der Waals surface area (Å²) in [6.45, 7) is 4.07. The highest BCUT2D eigenvalue weighted by atomic mass is 35.5. The van der Waals surface area contributed by atoms with Crippen LogP contribution in [0.15, 0.2) is 36.4 Å². The van der Waals surface area contributed by atoms with Crippen LogP contribution in [-0.4, -0.2) is 20.6 Å². The van der Waals surface area contributed by atoms with Gasteiger partial charge in [0.1, 0.15) is 5.82 Å². The molecule has 0 spiro atoms. The Morgan fingerprint density at radius 1 is 1.25 bits per heavy atom. The van der Waals surface area contributed by atoms with Crippen LogP contribution in [-0.2, 0) is 6.42 Å². The lowest BCUT2D eigenvalue weighted by molar-refractivity contribution is 0.0698. The summed E-state index contributed by atoms with van der Waals surface area (Å²) in [6.07, 6.45) is 2.79. The van der Waals surface area contributed by atoms with Crippen molar-refractivity contribution in [3.05, 3.63) is 58.4 Å². The first-order valence-electron chi connectivity index (χ1n) is 8.03. The standard InChI is InChI=1S/C19H19ClN2O2/c1-3-4-9-16-21-17-12(2)10-11-13(19(23)24)18(17)22(16)15-8-6-5-7-14(15)20/h5-8,10-11H,3-4,9H2,1-2H3,(H,23,24). The fourth-order valence-corrected chi connectivity index (χ4v) is 3.14. The molecule has 124 valence electrons. The largest absolute Gasteiger partial charge is 0.478 e. The Kier molecular flexibility index (Phi) is 4.58. The van der Waals surface area contributed by atoms with E-state index in [1.165, 1.54) is 0 Å². The molecule has 2 aromatic carbocycles. The van der Waals surface area contributed by atoms with Crippen molar-refractivity contribution in [3.8, 4) is 5.69 Å². The second kappa shape index (κ2) is 6.65. The molecule has 0 aliphatic heterocycles. The minimum absolute atomic E-state index is 0.241. The van der Waals surface area contributed by atoms with E-state index in [0.29, 0.717) is 10.5 Å². The number of aromatic carboxylic acids is 1. The molecule has 1 N–H and O–H groups in total. The van der Waals surface area contributed by atoms with E-state index in [1.807, 2.05) is 35.8 Å². The van der Waals surface area contributed by atoms with Crippen molar-refractivity contribution < 1.29 is 9.90 Å². The minimum Gasteiger partial charge on any atom is -0.478 e. The molecular formula is C19H19ClN2O2. The van der Waals surface area contributed by atoms with Gasteiger partial charge in [0.15, 0.2) is 0 Å². The Morgan fingerprint density at radius 3 is 2.67 bits per heavy atom. The number of carboxylic acids is 1. The number of benzene rings is 2. The van der Waals surface area contributed by atoms with E-state index in [0.717, 1.165) is 41.9 Å². The van der Waals surface area contributed by atoms with Crippen molar-refractivity contribution in [2.24, 2.45) is 0 Å². The van der Waals surface area contributed by atoms with Gasteiger partial charge in [0.25, 0.3) is 0 Å². The third-order valence-electron chi connectivity index (χ3n) is 4.15. The molecule has 0 aliphatic rings. The number of fused-ring (bicyclic) bond motifs is 1. The molecule has 0 saturated carbocycles. The van der Waals surface area contributed by atoms with E-state index in [2.05, 4.69) is 6.92 Å². The fraction of sp³-hybridized carbons (Fsp3) is 0.263. The second-order valence-electron chi connectivity index (χ2n) is 5.85. The molecule has 0 unspecified atom stereocenters. The normalized spacial score (nSPS) is 11.1. The molecule has 3 rings (SSSR count). The summed E-state index contributed by atoms with van der Waals surface area (Å²) < 4.78 is 1.91. The second-order valence-corrected chi connectivity index (χ2v) is 6.26. The minimum atomic E-state index is -0.963. The van der Waals surface area contributed by atoms with E-state index in [9.17, 15) is 9.90 Å². The Hall–Kier alpha value is -2.33. The molecular weight excluding hydrogens is 324 g/mol. The Balaban J connectivity index is 2.40. The third-order valence-corrected chi connectivity index (χ3v) is 4.47. The van der Waals surface area contributed by atoms with Crippen LogP contribution in [0.25, 0.3) is 16.7 Å². The van der Waals surface area contributed by atoms with Gasteiger partial charge in [-0.15, -0.1) is 0 Å². The van der Waals surface area contributed by atoms with E-state index in [-0.39, 0.29) is 5.56 Å². The molecule has 5 heteroatoms. The van der Waals surface area contributed by atoms with Gasteiger partial charge in [-0.3, -0.25) is 4.57 Å². The Bertz CT molecular complexity index is 915. The van der Waals surface area contributed by atoms with Gasteiger partial charge >= 0.3 is 5.97 Å². The zero-order chi connectivity index (χ0) is 17.3. The SMILES string of the molecule is CCCCc1nc2c(C)ccc(C(=O)O)c2n1-c1ccccc1Cl. The zero-order valence-electron chi connectivity index (χ0n) is 13.7. The van der Waals surface area contributed by atoms with Crippen molar-refractivity contribution in [2.45, 2.75) is 33.1 Å². The smallest absolute Gasteiger partial charge is 0.337 e. The summed E-state index contributed by atoms with van der Waals surface area (Å²) in [5, 5.41) is 10.2. The van der Waals surface area contributed by atoms with Crippen LogP contribution in [0.5, 0.6) is 0 Å². The maximum atomic E-state index is 11.7. The monoisotopic (exact) mass is 342 g/mol. The average molecular weight is 343 g/mol. The van der Waals surface area contributed by atoms with Crippen molar-refractivity contribution in [3.63, 3.8) is 0 Å². The number of nitrogens with zero attached hydrogens (tertiary/aromatic N) is 2. The van der Waals surface area contributed by atoms with Gasteiger partial charge in [-0.2, -0.15) is 0 Å². The van der Waals surface area contributed by atoms with E-state index in [1.54, 1.807) is 12.1 Å². The van der Waals surface area contributed by atoms with Crippen LogP contribution >= 0.6 is 11.6 Å². The molecule has 1 heterocycles. The van der Waals surface area contributed by atoms with Crippen LogP contribution in [0.1, 0.15) is 41.5 Å². The van der Waals surface area contributed by atoms with Gasteiger partial charge in [0.2, 0.25) is 0 Å². The molecule has 4 nitrogen and oxygen atoms in total. The number of aryl methyl sites for hydroxylation is 2. The highest BCUT2D eigenvalue weighted by Gasteiger charge is 2.21. The fourth-order valence-electron chi connectivity index (χ4n) is 2.92. The van der Waals surface area contributed by atoms with Gasteiger partial charge in [0.05, 0.1) is 27.3 Å². The number of para-hydroxylation sites is 1. The molecule has 0 radical (unpaired) electrons. The van der Waals surface area contributed by atoms with Gasteiger partial charge in [-0.25, -0.2) is 9.78 Å². The van der Waals surface area contributed by atoms with Crippen LogP contribution in [0.4, 0.5) is 0 Å². The summed E-state index contributed by atoms with van der Waals surface area (Å²) in [5.74, 6) is -0.119. The number of hydrogen-bond donors (Lipinski definition) is 1. The lowest BCUT2D eigenvalue weighted by atomic mass is 10.1. The first-order chi connectivity index (χ1) is 11.5. The van der Waals surface area contributed by atoms with Crippen LogP contribution in [0.2, 0.25) is 5.02 Å². The first-order valence-corrected chi connectivity index (χ1v) is 8.41. The lowest BCUT2D eigenvalue weighted by Crippen LogP contribution is -2.06. The average Bonchev–Trinajstić information content (AvgIpc) is 2.93. The molecule has 0 fully saturated rings. The number of hydrogen-bond acceptors (Lipinski definition) is 2. The highest BCUT2D eigenvalue weighted by Crippen LogP contribution is 2.31. The quantitative estimate of drug-likeness (QED) is 0.707. The predicted molar refractivity (Wildman–Crippen MR) is 96.4 cm³/mol. The maximum absolute atomic E-state index is 11.7. The maximum Gasteiger partial charge on any atom is 0.337 e. The van der Waals surface area contributed by atoms with E-state index < -0.39 is 5.97 Å². The molecule has 0 saturated heterocycles. The van der Waals surface area contributed by atoms with Crippen molar-refractivity contribution in [1.29, 1.82) is 0 Å². The number of aromatic nitrogens is 2. The molecule has 0 atom stereocenters. The van der Waals surface area contributed by atoms with Crippen LogP contribution < -0.4 is 0 Å². The Morgan fingerprint density at radius 2 is 2.00 bits per heavy atom.